The molecule has 1 aliphatic heterocycles. The lowest BCUT2D eigenvalue weighted by Gasteiger charge is -1.72. The molecule has 0 bridgehead atoms. The third kappa shape index (κ3) is 8.17. The molecular weight excluding hydrogens is 140 g/mol. The zero-order chi connectivity index (χ0) is 7.11. The maximum absolute atomic E-state index is 5.27. The van der Waals surface area contributed by atoms with Crippen molar-refractivity contribution in [3.05, 3.63) is 0 Å². The van der Waals surface area contributed by atoms with Gasteiger partial charge in [-0.2, -0.15) is 0 Å². The van der Waals surface area contributed by atoms with Gasteiger partial charge in [-0.3, -0.25) is 0 Å². The number of nitrogens with two attached hydrogens (primary N) is 2. The maximum Gasteiger partial charge on any atom is 0.0944 e. The van der Waals surface area contributed by atoms with Crippen molar-refractivity contribution in [3.8, 4) is 0 Å². The van der Waals surface area contributed by atoms with Crippen LogP contribution in [0.2, 0.25) is 0 Å². The molecule has 3 nitrogen and oxygen atoms in total. The summed E-state index contributed by atoms with van der Waals surface area (Å²) >= 11 is 5.27. The van der Waals surface area contributed by atoms with Crippen LogP contribution in [0.25, 0.3) is 0 Å². The molecule has 56 valence electrons. The predicted octanol–water partition coefficient (Wildman–Crippen LogP) is -0.472. The van der Waals surface area contributed by atoms with Crippen molar-refractivity contribution in [1.82, 2.24) is 0 Å². The number of alkyl halides is 1. The quantitative estimate of drug-likeness (QED) is 0.415. The number of rotatable bonds is 2. The molecular formula is C5H13ClN2O. The van der Waals surface area contributed by atoms with Gasteiger partial charge in [0.1, 0.15) is 0 Å². The second-order valence-electron chi connectivity index (χ2n) is 1.69. The Morgan fingerprint density at radius 1 is 1.44 bits per heavy atom. The molecule has 1 saturated heterocycles. The molecule has 1 rings (SSSR count). The molecule has 1 fully saturated rings. The smallest absolute Gasteiger partial charge is 0.0944 e. The maximum atomic E-state index is 5.27. The van der Waals surface area contributed by atoms with Crippen LogP contribution < -0.4 is 11.5 Å². The Kier molecular flexibility index (Phi) is 6.41. The molecule has 0 aromatic rings. The standard InChI is InChI=1S/C3H5ClO.C2H8N2/c4-1-3-2-5-3;3-1-2-4/h3H,1-2H2;1-4H2. The topological polar surface area (TPSA) is 64.6 Å². The summed E-state index contributed by atoms with van der Waals surface area (Å²) in [6, 6.07) is 0. The molecule has 4 heteroatoms. The Hall–Kier alpha value is 0.170. The normalized spacial score (nSPS) is 22.3. The van der Waals surface area contributed by atoms with E-state index in [1.807, 2.05) is 0 Å². The third-order valence-electron chi connectivity index (χ3n) is 0.741. The molecule has 1 atom stereocenters. The summed E-state index contributed by atoms with van der Waals surface area (Å²) in [5, 5.41) is 0. The van der Waals surface area contributed by atoms with E-state index in [4.69, 9.17) is 27.8 Å². The molecule has 0 aromatic carbocycles. The molecule has 0 spiro atoms. The van der Waals surface area contributed by atoms with Crippen molar-refractivity contribution in [2.75, 3.05) is 25.6 Å². The Balaban J connectivity index is 0.000000148. The number of ether oxygens (including phenoxy) is 1. The summed E-state index contributed by atoms with van der Waals surface area (Å²) in [5.74, 6) is 0.667. The average Bonchev–Trinajstić information content (AvgIpc) is 2.70. The van der Waals surface area contributed by atoms with Crippen LogP contribution in [0.15, 0.2) is 0 Å². The summed E-state index contributed by atoms with van der Waals surface area (Å²) in [6.45, 7) is 2.07. The van der Waals surface area contributed by atoms with Gasteiger partial charge in [0.2, 0.25) is 0 Å². The Morgan fingerprint density at radius 3 is 1.89 bits per heavy atom. The first-order chi connectivity index (χ1) is 4.35. The molecule has 0 aromatic heterocycles. The van der Waals surface area contributed by atoms with Gasteiger partial charge in [-0.1, -0.05) is 0 Å². The van der Waals surface area contributed by atoms with Gasteiger partial charge in [0.05, 0.1) is 18.6 Å². The molecule has 0 amide bonds. The van der Waals surface area contributed by atoms with E-state index in [-0.39, 0.29) is 0 Å². The van der Waals surface area contributed by atoms with E-state index in [1.54, 1.807) is 0 Å². The van der Waals surface area contributed by atoms with Gasteiger partial charge in [-0.25, -0.2) is 0 Å². The van der Waals surface area contributed by atoms with Gasteiger partial charge in [0.25, 0.3) is 0 Å². The van der Waals surface area contributed by atoms with Gasteiger partial charge in [0.15, 0.2) is 0 Å². The molecule has 4 N–H and O–H groups in total. The highest BCUT2D eigenvalue weighted by Crippen LogP contribution is 2.08. The first kappa shape index (κ1) is 9.17. The minimum atomic E-state index is 0.400. The third-order valence-corrected chi connectivity index (χ3v) is 1.09. The zero-order valence-electron chi connectivity index (χ0n) is 5.35. The van der Waals surface area contributed by atoms with Crippen molar-refractivity contribution in [3.63, 3.8) is 0 Å². The van der Waals surface area contributed by atoms with E-state index in [2.05, 4.69) is 0 Å². The first-order valence-electron chi connectivity index (χ1n) is 2.92. The van der Waals surface area contributed by atoms with Crippen molar-refractivity contribution in [2.24, 2.45) is 11.5 Å². The molecule has 0 aliphatic carbocycles. The zero-order valence-corrected chi connectivity index (χ0v) is 6.10. The molecule has 9 heavy (non-hydrogen) atoms. The number of halogens is 1. The fourth-order valence-corrected chi connectivity index (χ4v) is 0.335. The van der Waals surface area contributed by atoms with Crippen molar-refractivity contribution in [1.29, 1.82) is 0 Å². The predicted molar refractivity (Wildman–Crippen MR) is 38.6 cm³/mol. The van der Waals surface area contributed by atoms with Crippen molar-refractivity contribution < 1.29 is 4.74 Å². The fraction of sp³-hybridized carbons (Fsp3) is 1.00. The first-order valence-corrected chi connectivity index (χ1v) is 3.46. The summed E-state index contributed by atoms with van der Waals surface area (Å²) in [6.07, 6.45) is 0.400. The van der Waals surface area contributed by atoms with Crippen molar-refractivity contribution in [2.45, 2.75) is 6.10 Å². The van der Waals surface area contributed by atoms with Crippen LogP contribution in [-0.4, -0.2) is 31.7 Å². The summed E-state index contributed by atoms with van der Waals surface area (Å²) in [4.78, 5) is 0. The Labute approximate surface area is 60.3 Å². The van der Waals surface area contributed by atoms with Gasteiger partial charge in [-0.15, -0.1) is 11.6 Å². The van der Waals surface area contributed by atoms with E-state index in [1.165, 1.54) is 0 Å². The molecule has 1 heterocycles. The van der Waals surface area contributed by atoms with Gasteiger partial charge in [0, 0.05) is 13.1 Å². The Bertz CT molecular complexity index is 56.9. The summed E-state index contributed by atoms with van der Waals surface area (Å²) < 4.78 is 4.73. The van der Waals surface area contributed by atoms with Crippen LogP contribution in [0.3, 0.4) is 0 Å². The monoisotopic (exact) mass is 152 g/mol. The lowest BCUT2D eigenvalue weighted by molar-refractivity contribution is 0.425. The highest BCUT2D eigenvalue weighted by Gasteiger charge is 2.19. The van der Waals surface area contributed by atoms with Crippen LogP contribution in [0, 0.1) is 0 Å². The number of epoxide rings is 1. The van der Waals surface area contributed by atoms with E-state index in [0.29, 0.717) is 25.1 Å². The molecule has 1 aliphatic rings. The highest BCUT2D eigenvalue weighted by molar-refractivity contribution is 6.18. The highest BCUT2D eigenvalue weighted by atomic mass is 35.5. The fourth-order valence-electron chi connectivity index (χ4n) is 0.157. The van der Waals surface area contributed by atoms with Gasteiger partial charge >= 0.3 is 0 Å². The van der Waals surface area contributed by atoms with Crippen LogP contribution in [0.4, 0.5) is 0 Å². The SMILES string of the molecule is ClCC1CO1.NCCN. The largest absolute Gasteiger partial charge is 0.372 e. The van der Waals surface area contributed by atoms with E-state index in [9.17, 15) is 0 Å². The number of hydrogen-bond acceptors (Lipinski definition) is 3. The van der Waals surface area contributed by atoms with Crippen molar-refractivity contribution >= 4 is 11.6 Å². The minimum Gasteiger partial charge on any atom is -0.372 e. The average molecular weight is 153 g/mol. The van der Waals surface area contributed by atoms with Gasteiger partial charge in [-0.05, 0) is 0 Å². The van der Waals surface area contributed by atoms with Crippen LogP contribution in [-0.2, 0) is 4.74 Å². The lowest BCUT2D eigenvalue weighted by atomic mass is 10.6. The molecule has 0 radical (unpaired) electrons. The Morgan fingerprint density at radius 2 is 1.89 bits per heavy atom. The summed E-state index contributed by atoms with van der Waals surface area (Å²) in [7, 11) is 0. The molecule has 1 unspecified atom stereocenters. The summed E-state index contributed by atoms with van der Waals surface area (Å²) in [5.41, 5.74) is 9.81. The number of hydrogen-bond donors (Lipinski definition) is 2. The van der Waals surface area contributed by atoms with E-state index in [0.717, 1.165) is 6.61 Å². The van der Waals surface area contributed by atoms with Crippen LogP contribution >= 0.6 is 11.6 Å². The van der Waals surface area contributed by atoms with Crippen LogP contribution in [0.5, 0.6) is 0 Å². The van der Waals surface area contributed by atoms with Crippen LogP contribution in [0.1, 0.15) is 0 Å². The second-order valence-corrected chi connectivity index (χ2v) is 2.00. The van der Waals surface area contributed by atoms with E-state index < -0.39 is 0 Å². The lowest BCUT2D eigenvalue weighted by Crippen LogP contribution is -2.11. The van der Waals surface area contributed by atoms with E-state index >= 15 is 0 Å². The van der Waals surface area contributed by atoms with Gasteiger partial charge < -0.3 is 16.2 Å². The molecule has 0 saturated carbocycles. The minimum absolute atomic E-state index is 0.400. The second kappa shape index (κ2) is 6.29.